The third kappa shape index (κ3) is 3.49. The van der Waals surface area contributed by atoms with E-state index in [1.807, 2.05) is 74.5 Å². The molecule has 1 fully saturated rings. The summed E-state index contributed by atoms with van der Waals surface area (Å²) in [5.41, 5.74) is 4.78. The molecule has 2 aliphatic heterocycles. The van der Waals surface area contributed by atoms with E-state index in [1.54, 1.807) is 17.0 Å². The van der Waals surface area contributed by atoms with Crippen LogP contribution in [0.5, 0.6) is 0 Å². The Kier molecular flexibility index (Phi) is 5.21. The summed E-state index contributed by atoms with van der Waals surface area (Å²) in [7, 11) is 0. The molecule has 166 valence electrons. The fraction of sp³-hybridized carbons (Fsp3) is 0.192. The molecule has 1 spiro atoms. The largest absolute Gasteiger partial charge is 0.325 e. The number of carbonyl (C=O) groups is 3. The maximum Gasteiger partial charge on any atom is 0.269 e. The van der Waals surface area contributed by atoms with Crippen LogP contribution >= 0.6 is 11.8 Å². The van der Waals surface area contributed by atoms with Crippen molar-refractivity contribution in [1.82, 2.24) is 0 Å². The van der Waals surface area contributed by atoms with Crippen molar-refractivity contribution in [2.75, 3.05) is 27.4 Å². The zero-order chi connectivity index (χ0) is 23.2. The second-order valence-electron chi connectivity index (χ2n) is 8.33. The van der Waals surface area contributed by atoms with Crippen LogP contribution < -0.4 is 15.1 Å². The van der Waals surface area contributed by atoms with Crippen molar-refractivity contribution in [3.8, 4) is 0 Å². The van der Waals surface area contributed by atoms with Crippen molar-refractivity contribution in [2.45, 2.75) is 18.7 Å². The number of hydrogen-bond acceptors (Lipinski definition) is 4. The maximum atomic E-state index is 14.0. The first-order chi connectivity index (χ1) is 15.9. The molecule has 0 aromatic heterocycles. The monoisotopic (exact) mass is 457 g/mol. The van der Waals surface area contributed by atoms with Crippen LogP contribution in [-0.2, 0) is 19.3 Å². The minimum atomic E-state index is -1.22. The van der Waals surface area contributed by atoms with Crippen molar-refractivity contribution >= 4 is 46.5 Å². The third-order valence-electron chi connectivity index (χ3n) is 5.89. The Balaban J connectivity index is 1.55. The SMILES string of the molecule is Cc1cc(C)cc(N2C(=O)CS[C@]23C(=O)N(CC(=O)Nc2ccccc2)c2ccccc23)c1. The van der Waals surface area contributed by atoms with Gasteiger partial charge in [0.1, 0.15) is 6.54 Å². The zero-order valence-corrected chi connectivity index (χ0v) is 19.2. The number of nitrogens with one attached hydrogen (secondary N) is 1. The molecule has 1 saturated heterocycles. The van der Waals surface area contributed by atoms with Crippen molar-refractivity contribution < 1.29 is 14.4 Å². The molecule has 3 aromatic rings. The number of nitrogens with zero attached hydrogens (tertiary/aromatic N) is 2. The van der Waals surface area contributed by atoms with Gasteiger partial charge in [0.15, 0.2) is 0 Å². The summed E-state index contributed by atoms with van der Waals surface area (Å²) >= 11 is 1.31. The summed E-state index contributed by atoms with van der Waals surface area (Å²) in [4.78, 5) is 41.9. The van der Waals surface area contributed by atoms with Gasteiger partial charge in [0.05, 0.1) is 11.4 Å². The Labute approximate surface area is 196 Å². The van der Waals surface area contributed by atoms with Crippen LogP contribution in [0.4, 0.5) is 17.1 Å². The minimum Gasteiger partial charge on any atom is -0.325 e. The lowest BCUT2D eigenvalue weighted by atomic mass is 10.0. The van der Waals surface area contributed by atoms with E-state index in [-0.39, 0.29) is 30.0 Å². The van der Waals surface area contributed by atoms with Gasteiger partial charge in [-0.25, -0.2) is 0 Å². The summed E-state index contributed by atoms with van der Waals surface area (Å²) < 4.78 is 0. The minimum absolute atomic E-state index is 0.122. The van der Waals surface area contributed by atoms with Crippen molar-refractivity contribution in [3.05, 3.63) is 89.5 Å². The molecule has 1 N–H and O–H groups in total. The van der Waals surface area contributed by atoms with Gasteiger partial charge in [0.25, 0.3) is 5.91 Å². The van der Waals surface area contributed by atoms with E-state index in [4.69, 9.17) is 0 Å². The Morgan fingerprint density at radius 3 is 2.36 bits per heavy atom. The second-order valence-corrected chi connectivity index (χ2v) is 9.50. The van der Waals surface area contributed by atoms with E-state index < -0.39 is 4.87 Å². The van der Waals surface area contributed by atoms with E-state index in [9.17, 15) is 14.4 Å². The average molecular weight is 458 g/mol. The van der Waals surface area contributed by atoms with E-state index >= 15 is 0 Å². The lowest BCUT2D eigenvalue weighted by Gasteiger charge is -2.33. The van der Waals surface area contributed by atoms with Gasteiger partial charge in [-0.3, -0.25) is 24.2 Å². The zero-order valence-electron chi connectivity index (χ0n) is 18.4. The van der Waals surface area contributed by atoms with Gasteiger partial charge < -0.3 is 5.32 Å². The molecule has 7 heteroatoms. The van der Waals surface area contributed by atoms with Crippen LogP contribution in [0.25, 0.3) is 0 Å². The first kappa shape index (κ1) is 21.3. The topological polar surface area (TPSA) is 69.7 Å². The Morgan fingerprint density at radius 2 is 1.64 bits per heavy atom. The molecule has 0 aliphatic carbocycles. The lowest BCUT2D eigenvalue weighted by Crippen LogP contribution is -2.51. The van der Waals surface area contributed by atoms with Crippen LogP contribution in [0.15, 0.2) is 72.8 Å². The molecule has 0 unspecified atom stereocenters. The number of rotatable bonds is 4. The van der Waals surface area contributed by atoms with E-state index in [2.05, 4.69) is 5.32 Å². The van der Waals surface area contributed by atoms with Gasteiger partial charge in [0.2, 0.25) is 16.7 Å². The molecule has 6 nitrogen and oxygen atoms in total. The summed E-state index contributed by atoms with van der Waals surface area (Å²) in [5.74, 6) is -0.503. The van der Waals surface area contributed by atoms with Gasteiger partial charge in [-0.05, 0) is 55.3 Å². The molecule has 3 aromatic carbocycles. The highest BCUT2D eigenvalue weighted by Crippen LogP contribution is 2.55. The number of fused-ring (bicyclic) bond motifs is 2. The fourth-order valence-electron chi connectivity index (χ4n) is 4.66. The van der Waals surface area contributed by atoms with Crippen molar-refractivity contribution in [1.29, 1.82) is 0 Å². The summed E-state index contributed by atoms with van der Waals surface area (Å²) in [5, 5.41) is 2.85. The van der Waals surface area contributed by atoms with Crippen LogP contribution in [-0.4, -0.2) is 30.0 Å². The second kappa shape index (κ2) is 8.08. The van der Waals surface area contributed by atoms with E-state index in [0.717, 1.165) is 16.7 Å². The van der Waals surface area contributed by atoms with Crippen LogP contribution in [0.1, 0.15) is 16.7 Å². The normalized spacial score (nSPS) is 19.3. The molecule has 1 atom stereocenters. The van der Waals surface area contributed by atoms with E-state index in [0.29, 0.717) is 17.1 Å². The van der Waals surface area contributed by atoms with Gasteiger partial charge >= 0.3 is 0 Å². The Bertz CT molecular complexity index is 1260. The standard InChI is InChI=1S/C26H23N3O3S/c1-17-12-18(2)14-20(13-17)29-24(31)16-33-26(29)21-10-6-7-11-22(21)28(25(26)32)15-23(30)27-19-8-4-3-5-9-19/h3-14H,15-16H2,1-2H3,(H,27,30)/t26-/m1/s1. The molecular weight excluding hydrogens is 434 g/mol. The average Bonchev–Trinajstić information content (AvgIpc) is 3.25. The first-order valence-corrected chi connectivity index (χ1v) is 11.7. The summed E-state index contributed by atoms with van der Waals surface area (Å²) in [6, 6.07) is 22.5. The van der Waals surface area contributed by atoms with Crippen LogP contribution in [0, 0.1) is 13.8 Å². The molecule has 0 bridgehead atoms. The molecule has 2 heterocycles. The van der Waals surface area contributed by atoms with Gasteiger partial charge in [-0.15, -0.1) is 11.8 Å². The molecule has 0 saturated carbocycles. The number of thioether (sulfide) groups is 1. The Morgan fingerprint density at radius 1 is 0.970 bits per heavy atom. The maximum absolute atomic E-state index is 14.0. The number of aryl methyl sites for hydroxylation is 2. The van der Waals surface area contributed by atoms with Gasteiger partial charge in [-0.2, -0.15) is 0 Å². The molecule has 0 radical (unpaired) electrons. The van der Waals surface area contributed by atoms with E-state index in [1.165, 1.54) is 16.7 Å². The summed E-state index contributed by atoms with van der Waals surface area (Å²) in [6.07, 6.45) is 0. The molecule has 5 rings (SSSR count). The smallest absolute Gasteiger partial charge is 0.269 e. The van der Waals surface area contributed by atoms with Crippen molar-refractivity contribution in [2.24, 2.45) is 0 Å². The number of hydrogen-bond donors (Lipinski definition) is 1. The van der Waals surface area contributed by atoms with Gasteiger partial charge in [0, 0.05) is 16.9 Å². The van der Waals surface area contributed by atoms with Crippen molar-refractivity contribution in [3.63, 3.8) is 0 Å². The number of para-hydroxylation sites is 2. The highest BCUT2D eigenvalue weighted by molar-refractivity contribution is 8.02. The predicted molar refractivity (Wildman–Crippen MR) is 131 cm³/mol. The third-order valence-corrected chi connectivity index (χ3v) is 7.27. The number of benzene rings is 3. The quantitative estimate of drug-likeness (QED) is 0.637. The number of anilines is 3. The van der Waals surface area contributed by atoms with Crippen LogP contribution in [0.3, 0.4) is 0 Å². The Hall–Kier alpha value is -3.58. The molecule has 2 aliphatic rings. The predicted octanol–water partition coefficient (Wildman–Crippen LogP) is 4.22. The molecule has 3 amide bonds. The van der Waals surface area contributed by atoms with Crippen LogP contribution in [0.2, 0.25) is 0 Å². The number of amides is 3. The fourth-order valence-corrected chi connectivity index (χ4v) is 6.02. The number of carbonyl (C=O) groups excluding carboxylic acids is 3. The molecular formula is C26H23N3O3S. The summed E-state index contributed by atoms with van der Waals surface area (Å²) in [6.45, 7) is 3.81. The lowest BCUT2D eigenvalue weighted by molar-refractivity contribution is -0.124. The first-order valence-electron chi connectivity index (χ1n) is 10.7. The highest BCUT2D eigenvalue weighted by Gasteiger charge is 2.61. The molecule has 33 heavy (non-hydrogen) atoms. The highest BCUT2D eigenvalue weighted by atomic mass is 32.2. The van der Waals surface area contributed by atoms with Gasteiger partial charge in [-0.1, -0.05) is 42.5 Å².